The Morgan fingerprint density at radius 2 is 1.90 bits per heavy atom. The zero-order valence-corrected chi connectivity index (χ0v) is 17.0. The highest BCUT2D eigenvalue weighted by Crippen LogP contribution is 2.26. The molecule has 0 aliphatic rings. The molecule has 0 saturated heterocycles. The Morgan fingerprint density at radius 1 is 1.10 bits per heavy atom. The number of nitrogens with one attached hydrogen (secondary N) is 1. The average Bonchev–Trinajstić information content (AvgIpc) is 3.08. The highest BCUT2D eigenvalue weighted by atomic mass is 35.5. The Balaban J connectivity index is 1.75. The Bertz CT molecular complexity index is 1230. The predicted molar refractivity (Wildman–Crippen MR) is 114 cm³/mol. The molecule has 0 fully saturated rings. The quantitative estimate of drug-likeness (QED) is 0.520. The van der Waals surface area contributed by atoms with Gasteiger partial charge in [0.15, 0.2) is 5.82 Å². The van der Waals surface area contributed by atoms with Crippen LogP contribution in [0.25, 0.3) is 16.7 Å². The van der Waals surface area contributed by atoms with E-state index in [1.807, 2.05) is 44.2 Å². The molecule has 0 aliphatic carbocycles. The van der Waals surface area contributed by atoms with Gasteiger partial charge in [0, 0.05) is 16.5 Å². The van der Waals surface area contributed by atoms with Crippen LogP contribution in [-0.2, 0) is 0 Å². The molecule has 2 aromatic heterocycles. The van der Waals surface area contributed by atoms with Crippen LogP contribution in [0.5, 0.6) is 5.75 Å². The number of rotatable bonds is 4. The normalized spacial score (nSPS) is 10.9. The molecule has 7 heteroatoms. The topological polar surface area (TPSA) is 69.0 Å². The first kappa shape index (κ1) is 19.0. The molecule has 146 valence electrons. The van der Waals surface area contributed by atoms with Gasteiger partial charge in [-0.25, -0.2) is 4.98 Å². The van der Waals surface area contributed by atoms with Gasteiger partial charge in [0.2, 0.25) is 0 Å². The summed E-state index contributed by atoms with van der Waals surface area (Å²) in [6.45, 7) is 3.89. The third-order valence-corrected chi connectivity index (χ3v) is 4.84. The van der Waals surface area contributed by atoms with Gasteiger partial charge in [-0.15, -0.1) is 0 Å². The standard InChI is InChI=1S/C22H19ClN4O2/c1-13-10-20(24-18-7-5-4-6-16(13)18)27-21(11-14(2)26-27)25-22(28)17-12-15(23)8-9-19(17)29-3/h4-12H,1-3H3,(H,25,28). The van der Waals surface area contributed by atoms with Crippen molar-refractivity contribution in [2.24, 2.45) is 0 Å². The van der Waals surface area contributed by atoms with E-state index < -0.39 is 0 Å². The molecule has 4 aromatic rings. The molecule has 29 heavy (non-hydrogen) atoms. The lowest BCUT2D eigenvalue weighted by Gasteiger charge is -2.12. The molecule has 0 aliphatic heterocycles. The molecular weight excluding hydrogens is 388 g/mol. The molecular formula is C22H19ClN4O2. The van der Waals surface area contributed by atoms with Crippen LogP contribution in [0.4, 0.5) is 5.82 Å². The molecule has 2 aromatic carbocycles. The molecule has 0 bridgehead atoms. The number of para-hydroxylation sites is 1. The zero-order valence-electron chi connectivity index (χ0n) is 16.2. The first-order valence-electron chi connectivity index (χ1n) is 9.04. The highest BCUT2D eigenvalue weighted by Gasteiger charge is 2.17. The number of hydrogen-bond donors (Lipinski definition) is 1. The van der Waals surface area contributed by atoms with Crippen LogP contribution in [-0.4, -0.2) is 27.8 Å². The second kappa shape index (κ2) is 7.56. The lowest BCUT2D eigenvalue weighted by molar-refractivity contribution is 0.102. The second-order valence-electron chi connectivity index (χ2n) is 6.70. The molecule has 0 spiro atoms. The molecule has 6 nitrogen and oxygen atoms in total. The Kier molecular flexibility index (Phi) is 4.94. The summed E-state index contributed by atoms with van der Waals surface area (Å²) in [4.78, 5) is 17.6. The summed E-state index contributed by atoms with van der Waals surface area (Å²) in [5.41, 5.74) is 3.04. The van der Waals surface area contributed by atoms with E-state index in [4.69, 9.17) is 21.3 Å². The average molecular weight is 407 g/mol. The van der Waals surface area contributed by atoms with Crippen LogP contribution in [0.1, 0.15) is 21.6 Å². The van der Waals surface area contributed by atoms with E-state index in [9.17, 15) is 4.79 Å². The number of pyridine rings is 1. The molecule has 0 saturated carbocycles. The smallest absolute Gasteiger partial charge is 0.260 e. The fourth-order valence-corrected chi connectivity index (χ4v) is 3.42. The maximum absolute atomic E-state index is 12.9. The fraction of sp³-hybridized carbons (Fsp3) is 0.136. The van der Waals surface area contributed by atoms with E-state index in [0.717, 1.165) is 22.2 Å². The number of aryl methyl sites for hydroxylation is 2. The van der Waals surface area contributed by atoms with Crippen molar-refractivity contribution in [2.45, 2.75) is 13.8 Å². The number of carbonyl (C=O) groups excluding carboxylic acids is 1. The van der Waals surface area contributed by atoms with Crippen molar-refractivity contribution in [3.63, 3.8) is 0 Å². The van der Waals surface area contributed by atoms with Gasteiger partial charge in [-0.05, 0) is 49.7 Å². The largest absolute Gasteiger partial charge is 0.496 e. The van der Waals surface area contributed by atoms with E-state index in [2.05, 4.69) is 10.4 Å². The molecule has 0 atom stereocenters. The van der Waals surface area contributed by atoms with Gasteiger partial charge in [0.05, 0.1) is 23.9 Å². The molecule has 0 radical (unpaired) electrons. The van der Waals surface area contributed by atoms with Crippen molar-refractivity contribution in [3.8, 4) is 11.6 Å². The summed E-state index contributed by atoms with van der Waals surface area (Å²) in [6, 6.07) is 16.6. The third kappa shape index (κ3) is 3.67. The number of anilines is 1. The SMILES string of the molecule is COc1ccc(Cl)cc1C(=O)Nc1cc(C)nn1-c1cc(C)c2ccccc2n1. The minimum Gasteiger partial charge on any atom is -0.496 e. The number of benzene rings is 2. The Morgan fingerprint density at radius 3 is 2.69 bits per heavy atom. The number of aromatic nitrogens is 3. The van der Waals surface area contributed by atoms with Gasteiger partial charge < -0.3 is 10.1 Å². The van der Waals surface area contributed by atoms with Gasteiger partial charge in [-0.1, -0.05) is 29.8 Å². The van der Waals surface area contributed by atoms with E-state index in [1.165, 1.54) is 7.11 Å². The van der Waals surface area contributed by atoms with Gasteiger partial charge >= 0.3 is 0 Å². The maximum atomic E-state index is 12.9. The Labute approximate surface area is 173 Å². The van der Waals surface area contributed by atoms with Gasteiger partial charge in [-0.3, -0.25) is 4.79 Å². The monoisotopic (exact) mass is 406 g/mol. The van der Waals surface area contributed by atoms with Crippen molar-refractivity contribution in [3.05, 3.63) is 76.4 Å². The number of methoxy groups -OCH3 is 1. The minimum atomic E-state index is -0.344. The Hall–Kier alpha value is -3.38. The van der Waals surface area contributed by atoms with Crippen LogP contribution in [0.2, 0.25) is 5.02 Å². The van der Waals surface area contributed by atoms with Crippen LogP contribution in [0.15, 0.2) is 54.6 Å². The number of hydrogen-bond acceptors (Lipinski definition) is 4. The number of fused-ring (bicyclic) bond motifs is 1. The number of carbonyl (C=O) groups is 1. The van der Waals surface area contributed by atoms with E-state index >= 15 is 0 Å². The van der Waals surface area contributed by atoms with Crippen molar-refractivity contribution < 1.29 is 9.53 Å². The van der Waals surface area contributed by atoms with Crippen LogP contribution in [0.3, 0.4) is 0 Å². The number of nitrogens with zero attached hydrogens (tertiary/aromatic N) is 3. The fourth-order valence-electron chi connectivity index (χ4n) is 3.24. The van der Waals surface area contributed by atoms with Crippen LogP contribution in [0, 0.1) is 13.8 Å². The summed E-state index contributed by atoms with van der Waals surface area (Å²) in [5, 5.41) is 8.95. The van der Waals surface area contributed by atoms with Crippen molar-refractivity contribution in [1.82, 2.24) is 14.8 Å². The molecule has 0 unspecified atom stereocenters. The number of halogens is 1. The molecule has 2 heterocycles. The molecule has 1 N–H and O–H groups in total. The summed E-state index contributed by atoms with van der Waals surface area (Å²) in [5.74, 6) is 1.23. The van der Waals surface area contributed by atoms with Gasteiger partial charge in [0.25, 0.3) is 5.91 Å². The first-order chi connectivity index (χ1) is 14.0. The third-order valence-electron chi connectivity index (χ3n) is 4.61. The summed E-state index contributed by atoms with van der Waals surface area (Å²) in [6.07, 6.45) is 0. The van der Waals surface area contributed by atoms with E-state index in [1.54, 1.807) is 28.9 Å². The lowest BCUT2D eigenvalue weighted by Crippen LogP contribution is -2.16. The van der Waals surface area contributed by atoms with Crippen molar-refractivity contribution in [1.29, 1.82) is 0 Å². The molecule has 1 amide bonds. The van der Waals surface area contributed by atoms with Crippen molar-refractivity contribution >= 4 is 34.2 Å². The molecule has 4 rings (SSSR count). The van der Waals surface area contributed by atoms with Crippen molar-refractivity contribution in [2.75, 3.05) is 12.4 Å². The lowest BCUT2D eigenvalue weighted by atomic mass is 10.1. The second-order valence-corrected chi connectivity index (χ2v) is 7.13. The maximum Gasteiger partial charge on any atom is 0.260 e. The summed E-state index contributed by atoms with van der Waals surface area (Å²) >= 11 is 6.06. The van der Waals surface area contributed by atoms with E-state index in [0.29, 0.717) is 28.0 Å². The van der Waals surface area contributed by atoms with Crippen LogP contribution < -0.4 is 10.1 Å². The first-order valence-corrected chi connectivity index (χ1v) is 9.42. The van der Waals surface area contributed by atoms with Gasteiger partial charge in [-0.2, -0.15) is 9.78 Å². The summed E-state index contributed by atoms with van der Waals surface area (Å²) < 4.78 is 6.92. The highest BCUT2D eigenvalue weighted by molar-refractivity contribution is 6.31. The van der Waals surface area contributed by atoms with Gasteiger partial charge in [0.1, 0.15) is 11.6 Å². The predicted octanol–water partition coefficient (Wildman–Crippen LogP) is 4.95. The van der Waals surface area contributed by atoms with E-state index in [-0.39, 0.29) is 5.91 Å². The number of amides is 1. The summed E-state index contributed by atoms with van der Waals surface area (Å²) in [7, 11) is 1.51. The van der Waals surface area contributed by atoms with Crippen LogP contribution >= 0.6 is 11.6 Å². The zero-order chi connectivity index (χ0) is 20.5. The number of ether oxygens (including phenoxy) is 1. The minimum absolute atomic E-state index is 0.341.